The van der Waals surface area contributed by atoms with Crippen LogP contribution in [0.4, 0.5) is 11.4 Å². The quantitative estimate of drug-likeness (QED) is 0.493. The fraction of sp³-hybridized carbons (Fsp3) is 0.214. The number of rotatable bonds is 6. The number of anilines is 2. The van der Waals surface area contributed by atoms with Crippen LogP contribution in [0.1, 0.15) is 36.1 Å². The van der Waals surface area contributed by atoms with Crippen LogP contribution in [0.25, 0.3) is 5.57 Å². The second kappa shape index (κ2) is 8.94. The molecule has 168 valence electrons. The Hall–Kier alpha value is -3.86. The summed E-state index contributed by atoms with van der Waals surface area (Å²) in [5.41, 5.74) is 5.72. The monoisotopic (exact) mass is 440 g/mol. The third-order valence-corrected chi connectivity index (χ3v) is 5.75. The van der Waals surface area contributed by atoms with Gasteiger partial charge in [-0.15, -0.1) is 0 Å². The number of hydrogen-bond donors (Lipinski definition) is 1. The first-order valence-electron chi connectivity index (χ1n) is 11.1. The number of ether oxygens (including phenoxy) is 1. The highest BCUT2D eigenvalue weighted by Gasteiger charge is 2.40. The average Bonchev–Trinajstić information content (AvgIpc) is 3.01. The molecule has 0 unspecified atom stereocenters. The Morgan fingerprint density at radius 3 is 2.12 bits per heavy atom. The van der Waals surface area contributed by atoms with E-state index in [0.717, 1.165) is 22.4 Å². The van der Waals surface area contributed by atoms with Gasteiger partial charge in [0, 0.05) is 5.69 Å². The number of benzene rings is 3. The summed E-state index contributed by atoms with van der Waals surface area (Å²) in [4.78, 5) is 28.5. The number of amides is 2. The number of imide groups is 1. The minimum atomic E-state index is -0.371. The summed E-state index contributed by atoms with van der Waals surface area (Å²) in [6.45, 7) is 9.85. The molecular formula is C28H28N2O3. The minimum Gasteiger partial charge on any atom is -0.491 e. The largest absolute Gasteiger partial charge is 0.491 e. The number of carbonyl (C=O) groups excluding carboxylic acids is 2. The number of hydrogen-bond acceptors (Lipinski definition) is 4. The molecule has 1 aliphatic heterocycles. The normalized spacial score (nSPS) is 13.8. The van der Waals surface area contributed by atoms with Crippen molar-refractivity contribution in [1.29, 1.82) is 0 Å². The van der Waals surface area contributed by atoms with Crippen LogP contribution >= 0.6 is 0 Å². The predicted octanol–water partition coefficient (Wildman–Crippen LogP) is 5.80. The second-order valence-corrected chi connectivity index (χ2v) is 8.60. The number of para-hydroxylation sites is 1. The molecule has 0 fully saturated rings. The average molecular weight is 441 g/mol. The van der Waals surface area contributed by atoms with Gasteiger partial charge in [-0.2, -0.15) is 0 Å². The summed E-state index contributed by atoms with van der Waals surface area (Å²) < 4.78 is 5.74. The molecule has 3 aromatic rings. The molecular weight excluding hydrogens is 412 g/mol. The van der Waals surface area contributed by atoms with Gasteiger partial charge in [0.2, 0.25) is 0 Å². The maximum Gasteiger partial charge on any atom is 0.282 e. The van der Waals surface area contributed by atoms with Gasteiger partial charge in [-0.25, -0.2) is 4.90 Å². The van der Waals surface area contributed by atoms with E-state index in [0.29, 0.717) is 22.6 Å². The summed E-state index contributed by atoms with van der Waals surface area (Å²) in [6.07, 6.45) is 0.0447. The molecule has 1 heterocycles. The van der Waals surface area contributed by atoms with E-state index in [1.165, 1.54) is 4.90 Å². The van der Waals surface area contributed by atoms with Crippen LogP contribution in [-0.4, -0.2) is 17.9 Å². The molecule has 1 aliphatic rings. The zero-order valence-corrected chi connectivity index (χ0v) is 19.6. The van der Waals surface area contributed by atoms with Crippen molar-refractivity contribution >= 4 is 28.8 Å². The predicted molar refractivity (Wildman–Crippen MR) is 132 cm³/mol. The molecule has 0 aliphatic carbocycles. The Balaban J connectivity index is 1.80. The number of nitrogens with one attached hydrogen (secondary N) is 1. The van der Waals surface area contributed by atoms with Crippen molar-refractivity contribution in [3.05, 3.63) is 94.7 Å². The highest BCUT2D eigenvalue weighted by atomic mass is 16.5. The molecule has 0 aromatic heterocycles. The van der Waals surface area contributed by atoms with Crippen molar-refractivity contribution in [2.45, 2.75) is 40.7 Å². The molecule has 2 amide bonds. The highest BCUT2D eigenvalue weighted by Crippen LogP contribution is 2.35. The maximum atomic E-state index is 13.6. The van der Waals surface area contributed by atoms with E-state index in [9.17, 15) is 9.59 Å². The molecule has 3 aromatic carbocycles. The van der Waals surface area contributed by atoms with Crippen LogP contribution < -0.4 is 15.0 Å². The van der Waals surface area contributed by atoms with Gasteiger partial charge in [-0.3, -0.25) is 9.59 Å². The zero-order chi connectivity index (χ0) is 23.7. The van der Waals surface area contributed by atoms with Crippen molar-refractivity contribution in [2.24, 2.45) is 0 Å². The summed E-state index contributed by atoms with van der Waals surface area (Å²) in [5, 5.41) is 3.25. The van der Waals surface area contributed by atoms with Crippen molar-refractivity contribution in [3.8, 4) is 5.75 Å². The Morgan fingerprint density at radius 2 is 1.48 bits per heavy atom. The first-order valence-corrected chi connectivity index (χ1v) is 11.1. The van der Waals surface area contributed by atoms with Gasteiger partial charge in [0.15, 0.2) is 0 Å². The Morgan fingerprint density at radius 1 is 0.788 bits per heavy atom. The SMILES string of the molecule is Cc1ccc(N2C(=O)C(Nc3ccccc3C)=C(c3ccc(OC(C)C)cc3)C2=O)cc1C. The molecule has 1 N–H and O–H groups in total. The van der Waals surface area contributed by atoms with Gasteiger partial charge in [0.1, 0.15) is 11.4 Å². The fourth-order valence-corrected chi connectivity index (χ4v) is 3.83. The molecule has 33 heavy (non-hydrogen) atoms. The summed E-state index contributed by atoms with van der Waals surface area (Å²) >= 11 is 0. The fourth-order valence-electron chi connectivity index (χ4n) is 3.83. The lowest BCUT2D eigenvalue weighted by molar-refractivity contribution is -0.120. The van der Waals surface area contributed by atoms with E-state index in [2.05, 4.69) is 5.32 Å². The lowest BCUT2D eigenvalue weighted by Crippen LogP contribution is -2.32. The molecule has 5 nitrogen and oxygen atoms in total. The molecule has 4 rings (SSSR count). The van der Waals surface area contributed by atoms with Crippen LogP contribution in [0.5, 0.6) is 5.75 Å². The van der Waals surface area contributed by atoms with Crippen molar-refractivity contribution in [3.63, 3.8) is 0 Å². The van der Waals surface area contributed by atoms with Crippen LogP contribution in [0.3, 0.4) is 0 Å². The van der Waals surface area contributed by atoms with Gasteiger partial charge < -0.3 is 10.1 Å². The van der Waals surface area contributed by atoms with Crippen molar-refractivity contribution in [2.75, 3.05) is 10.2 Å². The zero-order valence-electron chi connectivity index (χ0n) is 19.6. The van der Waals surface area contributed by atoms with E-state index >= 15 is 0 Å². The molecule has 0 atom stereocenters. The van der Waals surface area contributed by atoms with Gasteiger partial charge in [-0.1, -0.05) is 36.4 Å². The summed E-state index contributed by atoms with van der Waals surface area (Å²) in [6, 6.07) is 20.6. The topological polar surface area (TPSA) is 58.6 Å². The standard InChI is InChI=1S/C28H28N2O3/c1-17(2)33-23-14-11-21(12-15-23)25-26(29-24-9-7-6-8-19(24)4)28(32)30(27(25)31)22-13-10-18(3)20(5)16-22/h6-17,29H,1-5H3. The van der Waals surface area contributed by atoms with Crippen LogP contribution in [0.15, 0.2) is 72.4 Å². The Bertz CT molecular complexity index is 1260. The Labute approximate surface area is 194 Å². The molecule has 0 saturated heterocycles. The van der Waals surface area contributed by atoms with E-state index in [4.69, 9.17) is 4.74 Å². The van der Waals surface area contributed by atoms with Crippen molar-refractivity contribution in [1.82, 2.24) is 0 Å². The third-order valence-electron chi connectivity index (χ3n) is 5.75. The van der Waals surface area contributed by atoms with E-state index in [1.807, 2.05) is 101 Å². The van der Waals surface area contributed by atoms with E-state index in [1.54, 1.807) is 0 Å². The lowest BCUT2D eigenvalue weighted by Gasteiger charge is -2.17. The summed E-state index contributed by atoms with van der Waals surface area (Å²) in [7, 11) is 0. The molecule has 5 heteroatoms. The third kappa shape index (κ3) is 4.40. The summed E-state index contributed by atoms with van der Waals surface area (Å²) in [5.74, 6) is -0.00794. The smallest absolute Gasteiger partial charge is 0.282 e. The Kier molecular flexibility index (Phi) is 6.05. The van der Waals surface area contributed by atoms with Gasteiger partial charge >= 0.3 is 0 Å². The number of nitrogens with zero attached hydrogens (tertiary/aromatic N) is 1. The first kappa shape index (κ1) is 22.3. The lowest BCUT2D eigenvalue weighted by atomic mass is 10.0. The minimum absolute atomic E-state index is 0.0447. The number of aryl methyl sites for hydroxylation is 3. The van der Waals surface area contributed by atoms with Crippen LogP contribution in [0, 0.1) is 20.8 Å². The molecule has 0 bridgehead atoms. The van der Waals surface area contributed by atoms with Crippen LogP contribution in [0.2, 0.25) is 0 Å². The molecule has 0 saturated carbocycles. The second-order valence-electron chi connectivity index (χ2n) is 8.60. The molecule has 0 spiro atoms. The van der Waals surface area contributed by atoms with Gasteiger partial charge in [0.05, 0.1) is 17.4 Å². The number of carbonyl (C=O) groups is 2. The maximum absolute atomic E-state index is 13.6. The van der Waals surface area contributed by atoms with Gasteiger partial charge in [0.25, 0.3) is 11.8 Å². The van der Waals surface area contributed by atoms with Crippen molar-refractivity contribution < 1.29 is 14.3 Å². The highest BCUT2D eigenvalue weighted by molar-refractivity contribution is 6.46. The van der Waals surface area contributed by atoms with E-state index in [-0.39, 0.29) is 23.6 Å². The first-order chi connectivity index (χ1) is 15.8. The van der Waals surface area contributed by atoms with Crippen LogP contribution in [-0.2, 0) is 9.59 Å². The van der Waals surface area contributed by atoms with Gasteiger partial charge in [-0.05, 0) is 87.2 Å². The van der Waals surface area contributed by atoms with E-state index < -0.39 is 0 Å². The molecule has 0 radical (unpaired) electrons.